The average molecular weight is 261 g/mol. The van der Waals surface area contributed by atoms with Crippen molar-refractivity contribution < 1.29 is 13.2 Å². The van der Waals surface area contributed by atoms with E-state index >= 15 is 0 Å². The van der Waals surface area contributed by atoms with Gasteiger partial charge in [-0.15, -0.1) is 11.8 Å². The molecule has 0 amide bonds. The van der Waals surface area contributed by atoms with E-state index in [4.69, 9.17) is 0 Å². The highest BCUT2D eigenvalue weighted by Gasteiger charge is 2.33. The molecule has 0 fully saturated rings. The predicted octanol–water partition coefficient (Wildman–Crippen LogP) is 3.50. The number of fused-ring (bicyclic) bond motifs is 1. The Morgan fingerprint density at radius 1 is 1.41 bits per heavy atom. The highest BCUT2D eigenvalue weighted by atomic mass is 32.2. The number of hydrogen-bond donors (Lipinski definition) is 1. The fraction of sp³-hybridized carbons (Fsp3) is 0.500. The van der Waals surface area contributed by atoms with E-state index in [-0.39, 0.29) is 5.92 Å². The molecule has 1 aromatic rings. The summed E-state index contributed by atoms with van der Waals surface area (Å²) in [5.41, 5.74) is 0.327. The van der Waals surface area contributed by atoms with E-state index in [1.807, 2.05) is 7.05 Å². The molecule has 1 N–H and O–H groups in total. The molecule has 1 aliphatic heterocycles. The van der Waals surface area contributed by atoms with Gasteiger partial charge >= 0.3 is 6.18 Å². The summed E-state index contributed by atoms with van der Waals surface area (Å²) >= 11 is 1.65. The van der Waals surface area contributed by atoms with Crippen LogP contribution >= 0.6 is 11.8 Å². The highest BCUT2D eigenvalue weighted by molar-refractivity contribution is 7.99. The number of nitrogens with one attached hydrogen (secondary N) is 1. The Labute approximate surface area is 103 Å². The van der Waals surface area contributed by atoms with Crippen molar-refractivity contribution in [3.05, 3.63) is 29.3 Å². The molecule has 1 aliphatic rings. The second-order valence-corrected chi connectivity index (χ2v) is 5.21. The van der Waals surface area contributed by atoms with Gasteiger partial charge in [0.1, 0.15) is 0 Å². The van der Waals surface area contributed by atoms with Crippen LogP contribution in [0.15, 0.2) is 23.1 Å². The molecule has 0 spiro atoms. The third-order valence-electron chi connectivity index (χ3n) is 2.96. The molecule has 0 saturated heterocycles. The van der Waals surface area contributed by atoms with Crippen molar-refractivity contribution in [2.75, 3.05) is 19.3 Å². The molecule has 0 saturated carbocycles. The van der Waals surface area contributed by atoms with Gasteiger partial charge in [-0.1, -0.05) is 0 Å². The Bertz CT molecular complexity index is 403. The van der Waals surface area contributed by atoms with E-state index in [1.54, 1.807) is 17.8 Å². The van der Waals surface area contributed by atoms with E-state index in [0.29, 0.717) is 0 Å². The maximum absolute atomic E-state index is 12.6. The number of alkyl halides is 3. The minimum Gasteiger partial charge on any atom is -0.320 e. The summed E-state index contributed by atoms with van der Waals surface area (Å²) < 4.78 is 37.8. The summed E-state index contributed by atoms with van der Waals surface area (Å²) in [5.74, 6) is 1.13. The molecule has 0 aliphatic carbocycles. The van der Waals surface area contributed by atoms with Crippen LogP contribution in [0.5, 0.6) is 0 Å². The Hall–Kier alpha value is -0.680. The fourth-order valence-corrected chi connectivity index (χ4v) is 3.30. The van der Waals surface area contributed by atoms with Gasteiger partial charge in [-0.25, -0.2) is 0 Å². The summed E-state index contributed by atoms with van der Waals surface area (Å²) in [4.78, 5) is 0.999. The largest absolute Gasteiger partial charge is 0.416 e. The molecule has 94 valence electrons. The predicted molar refractivity (Wildman–Crippen MR) is 63.5 cm³/mol. The van der Waals surface area contributed by atoms with E-state index in [2.05, 4.69) is 5.32 Å². The lowest BCUT2D eigenvalue weighted by Gasteiger charge is -2.13. The lowest BCUT2D eigenvalue weighted by atomic mass is 9.96. The number of rotatable bonds is 3. The molecule has 5 heteroatoms. The quantitative estimate of drug-likeness (QED) is 0.893. The van der Waals surface area contributed by atoms with Gasteiger partial charge < -0.3 is 5.32 Å². The maximum Gasteiger partial charge on any atom is 0.416 e. The SMILES string of the molecule is CNCCC1CSc2ccc(C(F)(F)F)cc21. The first-order valence-electron chi connectivity index (χ1n) is 5.51. The van der Waals surface area contributed by atoms with E-state index in [9.17, 15) is 13.2 Å². The van der Waals surface area contributed by atoms with E-state index in [0.717, 1.165) is 29.2 Å². The molecule has 1 aromatic carbocycles. The molecule has 0 radical (unpaired) electrons. The fourth-order valence-electron chi connectivity index (χ4n) is 2.01. The van der Waals surface area contributed by atoms with Crippen molar-refractivity contribution in [3.63, 3.8) is 0 Å². The molecule has 1 nitrogen and oxygen atoms in total. The third kappa shape index (κ3) is 2.77. The summed E-state index contributed by atoms with van der Waals surface area (Å²) in [6.07, 6.45) is -3.35. The van der Waals surface area contributed by atoms with Crippen molar-refractivity contribution >= 4 is 11.8 Å². The van der Waals surface area contributed by atoms with Gasteiger partial charge in [-0.05, 0) is 49.7 Å². The zero-order chi connectivity index (χ0) is 12.5. The van der Waals surface area contributed by atoms with Gasteiger partial charge in [0.15, 0.2) is 0 Å². The van der Waals surface area contributed by atoms with Crippen LogP contribution in [-0.2, 0) is 6.18 Å². The summed E-state index contributed by atoms with van der Waals surface area (Å²) in [6, 6.07) is 4.09. The Morgan fingerprint density at radius 2 is 2.18 bits per heavy atom. The first kappa shape index (κ1) is 12.8. The average Bonchev–Trinajstić information content (AvgIpc) is 2.67. The van der Waals surface area contributed by atoms with Crippen molar-refractivity contribution in [3.8, 4) is 0 Å². The van der Waals surface area contributed by atoms with Gasteiger partial charge in [0, 0.05) is 10.6 Å². The molecular formula is C12H14F3NS. The van der Waals surface area contributed by atoms with Crippen LogP contribution in [0, 0.1) is 0 Å². The topological polar surface area (TPSA) is 12.0 Å². The number of thioether (sulfide) groups is 1. The van der Waals surface area contributed by atoms with Crippen LogP contribution in [0.25, 0.3) is 0 Å². The molecule has 1 unspecified atom stereocenters. The summed E-state index contributed by atoms with van der Waals surface area (Å²) in [7, 11) is 1.86. The minimum absolute atomic E-state index is 0.241. The first-order chi connectivity index (χ1) is 8.02. The second-order valence-electron chi connectivity index (χ2n) is 4.15. The van der Waals surface area contributed by atoms with Gasteiger partial charge in [0.05, 0.1) is 5.56 Å². The van der Waals surface area contributed by atoms with E-state index < -0.39 is 11.7 Å². The minimum atomic E-state index is -4.24. The van der Waals surface area contributed by atoms with Gasteiger partial charge in [-0.3, -0.25) is 0 Å². The maximum atomic E-state index is 12.6. The summed E-state index contributed by atoms with van der Waals surface area (Å²) in [5, 5.41) is 3.04. The zero-order valence-corrected chi connectivity index (χ0v) is 10.3. The van der Waals surface area contributed by atoms with Crippen LogP contribution in [-0.4, -0.2) is 19.3 Å². The second kappa shape index (κ2) is 4.90. The molecular weight excluding hydrogens is 247 g/mol. The van der Waals surface area contributed by atoms with Gasteiger partial charge in [-0.2, -0.15) is 13.2 Å². The van der Waals surface area contributed by atoms with Crippen LogP contribution in [0.4, 0.5) is 13.2 Å². The van der Waals surface area contributed by atoms with Crippen molar-refractivity contribution in [2.45, 2.75) is 23.4 Å². The van der Waals surface area contributed by atoms with Gasteiger partial charge in [0.2, 0.25) is 0 Å². The van der Waals surface area contributed by atoms with Gasteiger partial charge in [0.25, 0.3) is 0 Å². The number of halogens is 3. The monoisotopic (exact) mass is 261 g/mol. The number of hydrogen-bond acceptors (Lipinski definition) is 2. The van der Waals surface area contributed by atoms with Crippen LogP contribution in [0.3, 0.4) is 0 Å². The first-order valence-corrected chi connectivity index (χ1v) is 6.49. The molecule has 1 atom stereocenters. The smallest absolute Gasteiger partial charge is 0.320 e. The molecule has 17 heavy (non-hydrogen) atoms. The lowest BCUT2D eigenvalue weighted by molar-refractivity contribution is -0.137. The zero-order valence-electron chi connectivity index (χ0n) is 9.47. The Morgan fingerprint density at radius 3 is 2.82 bits per heavy atom. The molecule has 1 heterocycles. The van der Waals surface area contributed by atoms with Crippen LogP contribution in [0.2, 0.25) is 0 Å². The standard InChI is InChI=1S/C12H14F3NS/c1-16-5-4-8-7-17-11-3-2-9(6-10(8)11)12(13,14)15/h2-3,6,8,16H,4-5,7H2,1H3. The third-order valence-corrected chi connectivity index (χ3v) is 4.21. The Kier molecular flexibility index (Phi) is 3.68. The van der Waals surface area contributed by atoms with E-state index in [1.165, 1.54) is 12.1 Å². The van der Waals surface area contributed by atoms with Crippen LogP contribution < -0.4 is 5.32 Å². The molecule has 0 bridgehead atoms. The normalized spacial score (nSPS) is 19.4. The van der Waals surface area contributed by atoms with Crippen LogP contribution in [0.1, 0.15) is 23.5 Å². The highest BCUT2D eigenvalue weighted by Crippen LogP contribution is 2.43. The lowest BCUT2D eigenvalue weighted by Crippen LogP contribution is -2.12. The van der Waals surface area contributed by atoms with Crippen molar-refractivity contribution in [1.82, 2.24) is 5.32 Å². The molecule has 0 aromatic heterocycles. The van der Waals surface area contributed by atoms with Crippen molar-refractivity contribution in [2.24, 2.45) is 0 Å². The summed E-state index contributed by atoms with van der Waals surface area (Å²) in [6.45, 7) is 0.834. The molecule has 2 rings (SSSR count). The number of benzene rings is 1. The Balaban J connectivity index is 2.24. The van der Waals surface area contributed by atoms with Crippen molar-refractivity contribution in [1.29, 1.82) is 0 Å².